The largest absolute Gasteiger partial charge is 0.352 e. The van der Waals surface area contributed by atoms with Crippen molar-refractivity contribution in [3.63, 3.8) is 0 Å². The van der Waals surface area contributed by atoms with Crippen molar-refractivity contribution >= 4 is 33.9 Å². The molecular weight excluding hydrogens is 214 g/mol. The molecule has 0 aliphatic heterocycles. The Labute approximate surface area is 97.7 Å². The number of fused-ring (bicyclic) bond motifs is 3. The van der Waals surface area contributed by atoms with Gasteiger partial charge in [-0.1, -0.05) is 0 Å². The Morgan fingerprint density at radius 1 is 1.35 bits per heavy atom. The fourth-order valence-corrected chi connectivity index (χ4v) is 2.17. The lowest BCUT2D eigenvalue weighted by molar-refractivity contribution is -0.105. The van der Waals surface area contributed by atoms with Crippen LogP contribution in [0, 0.1) is 6.92 Å². The van der Waals surface area contributed by atoms with Gasteiger partial charge in [-0.15, -0.1) is 0 Å². The summed E-state index contributed by atoms with van der Waals surface area (Å²) in [7, 11) is 0. The molecule has 2 N–H and O–H groups in total. The van der Waals surface area contributed by atoms with Gasteiger partial charge in [-0.3, -0.25) is 9.78 Å². The molecule has 0 fully saturated rings. The van der Waals surface area contributed by atoms with Crippen LogP contribution in [-0.4, -0.2) is 16.4 Å². The predicted molar refractivity (Wildman–Crippen MR) is 68.0 cm³/mol. The van der Waals surface area contributed by atoms with Crippen molar-refractivity contribution in [3.8, 4) is 0 Å². The van der Waals surface area contributed by atoms with Crippen molar-refractivity contribution in [2.75, 3.05) is 5.32 Å². The van der Waals surface area contributed by atoms with E-state index in [0.717, 1.165) is 33.1 Å². The third-order valence-electron chi connectivity index (χ3n) is 2.87. The molecule has 0 atom stereocenters. The van der Waals surface area contributed by atoms with Crippen LogP contribution in [0.15, 0.2) is 30.6 Å². The number of carbonyl (C=O) groups is 1. The van der Waals surface area contributed by atoms with Crippen LogP contribution in [-0.2, 0) is 4.79 Å². The number of nitrogens with one attached hydrogen (secondary N) is 2. The number of H-pyrrole nitrogens is 1. The molecule has 4 nitrogen and oxygen atoms in total. The number of pyridine rings is 1. The molecule has 0 saturated carbocycles. The van der Waals surface area contributed by atoms with Crippen LogP contribution in [0.3, 0.4) is 0 Å². The summed E-state index contributed by atoms with van der Waals surface area (Å²) in [4.78, 5) is 18.0. The summed E-state index contributed by atoms with van der Waals surface area (Å²) in [5, 5.41) is 4.94. The van der Waals surface area contributed by atoms with E-state index in [1.165, 1.54) is 0 Å². The topological polar surface area (TPSA) is 57.8 Å². The van der Waals surface area contributed by atoms with Gasteiger partial charge < -0.3 is 10.3 Å². The average Bonchev–Trinajstić information content (AvgIpc) is 2.69. The minimum atomic E-state index is 0.692. The van der Waals surface area contributed by atoms with Gasteiger partial charge in [0, 0.05) is 17.0 Å². The number of aromatic nitrogens is 2. The van der Waals surface area contributed by atoms with Gasteiger partial charge in [-0.05, 0) is 30.7 Å². The fourth-order valence-electron chi connectivity index (χ4n) is 2.17. The Morgan fingerprint density at radius 3 is 3.06 bits per heavy atom. The third kappa shape index (κ3) is 1.45. The van der Waals surface area contributed by atoms with Gasteiger partial charge in [0.25, 0.3) is 0 Å². The number of aryl methyl sites for hydroxylation is 1. The molecule has 1 aromatic carbocycles. The van der Waals surface area contributed by atoms with E-state index in [4.69, 9.17) is 0 Å². The molecule has 0 unspecified atom stereocenters. The minimum Gasteiger partial charge on any atom is -0.352 e. The molecule has 3 rings (SSSR count). The number of hydrogen-bond donors (Lipinski definition) is 2. The van der Waals surface area contributed by atoms with Crippen LogP contribution >= 0.6 is 0 Å². The Kier molecular flexibility index (Phi) is 2.08. The molecule has 2 aromatic heterocycles. The van der Waals surface area contributed by atoms with Crippen LogP contribution in [0.25, 0.3) is 21.8 Å². The maximum absolute atomic E-state index is 10.6. The zero-order valence-electron chi connectivity index (χ0n) is 9.32. The monoisotopic (exact) mass is 225 g/mol. The lowest BCUT2D eigenvalue weighted by Crippen LogP contribution is -1.95. The van der Waals surface area contributed by atoms with Crippen LogP contribution in [0.1, 0.15) is 5.56 Å². The van der Waals surface area contributed by atoms with E-state index >= 15 is 0 Å². The lowest BCUT2D eigenvalue weighted by Gasteiger charge is -2.02. The first-order valence-electron chi connectivity index (χ1n) is 5.36. The quantitative estimate of drug-likeness (QED) is 0.658. The highest BCUT2D eigenvalue weighted by molar-refractivity contribution is 6.12. The number of carbonyl (C=O) groups excluding carboxylic acids is 1. The molecule has 84 valence electrons. The van der Waals surface area contributed by atoms with Gasteiger partial charge in [-0.2, -0.15) is 0 Å². The number of benzene rings is 1. The summed E-state index contributed by atoms with van der Waals surface area (Å²) >= 11 is 0. The summed E-state index contributed by atoms with van der Waals surface area (Å²) in [6.45, 7) is 2.01. The standard InChI is InChI=1S/C13H11N3O/c1-8-4-10-9-2-3-14-6-12(9)16-13(10)11(5-8)15-7-17/h2-7,16H,1H3,(H,15,17). The molecule has 17 heavy (non-hydrogen) atoms. The smallest absolute Gasteiger partial charge is 0.211 e. The second-order valence-corrected chi connectivity index (χ2v) is 4.04. The molecule has 4 heteroatoms. The Morgan fingerprint density at radius 2 is 2.24 bits per heavy atom. The van der Waals surface area contributed by atoms with Crippen molar-refractivity contribution in [2.24, 2.45) is 0 Å². The molecule has 0 aliphatic carbocycles. The zero-order chi connectivity index (χ0) is 11.8. The van der Waals surface area contributed by atoms with Gasteiger partial charge in [0.1, 0.15) is 0 Å². The molecule has 3 aromatic rings. The van der Waals surface area contributed by atoms with Gasteiger partial charge in [0.15, 0.2) is 0 Å². The second-order valence-electron chi connectivity index (χ2n) is 4.04. The summed E-state index contributed by atoms with van der Waals surface area (Å²) in [5.41, 5.74) is 3.82. The highest BCUT2D eigenvalue weighted by Crippen LogP contribution is 2.30. The molecule has 0 radical (unpaired) electrons. The second kappa shape index (κ2) is 3.59. The summed E-state index contributed by atoms with van der Waals surface area (Å²) in [6.07, 6.45) is 4.25. The van der Waals surface area contributed by atoms with Crippen LogP contribution in [0.4, 0.5) is 5.69 Å². The van der Waals surface area contributed by atoms with Crippen LogP contribution in [0.5, 0.6) is 0 Å². The van der Waals surface area contributed by atoms with Crippen LogP contribution in [0.2, 0.25) is 0 Å². The first kappa shape index (κ1) is 9.84. The van der Waals surface area contributed by atoms with E-state index in [1.54, 1.807) is 12.4 Å². The summed E-state index contributed by atoms with van der Waals surface area (Å²) < 4.78 is 0. The first-order chi connectivity index (χ1) is 8.29. The van der Waals surface area contributed by atoms with Gasteiger partial charge >= 0.3 is 0 Å². The molecule has 2 heterocycles. The van der Waals surface area contributed by atoms with Crippen molar-refractivity contribution < 1.29 is 4.79 Å². The SMILES string of the molecule is Cc1cc(NC=O)c2[nH]c3cnccc3c2c1. The maximum Gasteiger partial charge on any atom is 0.211 e. The minimum absolute atomic E-state index is 0.692. The third-order valence-corrected chi connectivity index (χ3v) is 2.87. The van der Waals surface area contributed by atoms with Gasteiger partial charge in [0.05, 0.1) is 22.9 Å². The Balaban J connectivity index is 2.46. The number of rotatable bonds is 2. The summed E-state index contributed by atoms with van der Waals surface area (Å²) in [6, 6.07) is 6.02. The molecule has 0 saturated heterocycles. The van der Waals surface area contributed by atoms with E-state index in [2.05, 4.69) is 21.4 Å². The first-order valence-corrected chi connectivity index (χ1v) is 5.36. The predicted octanol–water partition coefficient (Wildman–Crippen LogP) is 2.59. The number of amides is 1. The fraction of sp³-hybridized carbons (Fsp3) is 0.0769. The molecular formula is C13H11N3O. The normalized spacial score (nSPS) is 10.9. The number of aromatic amines is 1. The molecule has 0 aliphatic rings. The molecule has 0 spiro atoms. The lowest BCUT2D eigenvalue weighted by atomic mass is 10.1. The highest BCUT2D eigenvalue weighted by atomic mass is 16.1. The Bertz CT molecular complexity index is 715. The van der Waals surface area contributed by atoms with E-state index in [1.807, 2.05) is 19.1 Å². The van der Waals surface area contributed by atoms with Crippen molar-refractivity contribution in [3.05, 3.63) is 36.2 Å². The number of nitrogens with zero attached hydrogens (tertiary/aromatic N) is 1. The van der Waals surface area contributed by atoms with E-state index < -0.39 is 0 Å². The number of anilines is 1. The molecule has 0 bridgehead atoms. The highest BCUT2D eigenvalue weighted by Gasteiger charge is 2.08. The van der Waals surface area contributed by atoms with E-state index in [9.17, 15) is 4.79 Å². The van der Waals surface area contributed by atoms with Gasteiger partial charge in [-0.25, -0.2) is 0 Å². The van der Waals surface area contributed by atoms with E-state index in [-0.39, 0.29) is 0 Å². The van der Waals surface area contributed by atoms with Crippen molar-refractivity contribution in [1.29, 1.82) is 0 Å². The molecule has 1 amide bonds. The van der Waals surface area contributed by atoms with Crippen LogP contribution < -0.4 is 5.32 Å². The zero-order valence-corrected chi connectivity index (χ0v) is 9.32. The average molecular weight is 225 g/mol. The maximum atomic E-state index is 10.6. The van der Waals surface area contributed by atoms with Crippen molar-refractivity contribution in [2.45, 2.75) is 6.92 Å². The van der Waals surface area contributed by atoms with Gasteiger partial charge in [0.2, 0.25) is 6.41 Å². The van der Waals surface area contributed by atoms with Crippen molar-refractivity contribution in [1.82, 2.24) is 9.97 Å². The summed E-state index contributed by atoms with van der Waals surface area (Å²) in [5.74, 6) is 0. The Hall–Kier alpha value is -2.36. The number of hydrogen-bond acceptors (Lipinski definition) is 2. The van der Waals surface area contributed by atoms with E-state index in [0.29, 0.717) is 6.41 Å².